The summed E-state index contributed by atoms with van der Waals surface area (Å²) in [6.07, 6.45) is 0.307. The second-order valence-electron chi connectivity index (χ2n) is 4.06. The lowest BCUT2D eigenvalue weighted by Gasteiger charge is -2.10. The van der Waals surface area contributed by atoms with E-state index >= 15 is 0 Å². The maximum absolute atomic E-state index is 10.7. The second-order valence-corrected chi connectivity index (χ2v) is 6.58. The molecule has 1 aliphatic carbocycles. The van der Waals surface area contributed by atoms with Crippen molar-refractivity contribution in [1.82, 2.24) is 0 Å². The van der Waals surface area contributed by atoms with Gasteiger partial charge in [-0.2, -0.15) is 0 Å². The molecule has 0 amide bonds. The van der Waals surface area contributed by atoms with Gasteiger partial charge in [-0.3, -0.25) is 4.79 Å². The molecular weight excluding hydrogens is 234 g/mol. The number of hydrogen-bond donors (Lipinski definition) is 1. The number of alkyl halides is 3. The van der Waals surface area contributed by atoms with Crippen LogP contribution in [0.4, 0.5) is 0 Å². The molecule has 0 aliphatic heterocycles. The van der Waals surface area contributed by atoms with Gasteiger partial charge in [-0.05, 0) is 17.8 Å². The monoisotopic (exact) mass is 244 g/mol. The Kier molecular flexibility index (Phi) is 2.79. The van der Waals surface area contributed by atoms with E-state index in [1.807, 2.05) is 13.8 Å². The van der Waals surface area contributed by atoms with Crippen molar-refractivity contribution in [2.45, 2.75) is 24.1 Å². The first-order chi connectivity index (χ1) is 5.66. The molecule has 13 heavy (non-hydrogen) atoms. The molecule has 0 unspecified atom stereocenters. The van der Waals surface area contributed by atoms with Gasteiger partial charge in [0, 0.05) is 0 Å². The summed E-state index contributed by atoms with van der Waals surface area (Å²) in [5.74, 6) is -1.20. The molecule has 0 aromatic carbocycles. The van der Waals surface area contributed by atoms with Crippen LogP contribution in [0.5, 0.6) is 0 Å². The van der Waals surface area contributed by atoms with Crippen LogP contribution in [0.3, 0.4) is 0 Å². The largest absolute Gasteiger partial charge is 0.481 e. The Morgan fingerprint density at radius 3 is 2.15 bits per heavy atom. The number of aliphatic carboxylic acids is 1. The van der Waals surface area contributed by atoms with Crippen molar-refractivity contribution in [3.8, 4) is 0 Å². The zero-order valence-electron chi connectivity index (χ0n) is 7.35. The third kappa shape index (κ3) is 2.42. The summed E-state index contributed by atoms with van der Waals surface area (Å²) in [6.45, 7) is 3.76. The molecular formula is C8H11Cl3O2. The number of carboxylic acids is 1. The normalized spacial score (nSPS) is 31.5. The molecule has 1 saturated carbocycles. The fourth-order valence-electron chi connectivity index (χ4n) is 1.86. The van der Waals surface area contributed by atoms with E-state index in [0.29, 0.717) is 6.42 Å². The highest BCUT2D eigenvalue weighted by atomic mass is 35.6. The van der Waals surface area contributed by atoms with Crippen molar-refractivity contribution in [2.75, 3.05) is 0 Å². The Morgan fingerprint density at radius 2 is 1.92 bits per heavy atom. The predicted molar refractivity (Wildman–Crippen MR) is 53.3 cm³/mol. The van der Waals surface area contributed by atoms with Gasteiger partial charge < -0.3 is 5.11 Å². The molecule has 5 heteroatoms. The lowest BCUT2D eigenvalue weighted by molar-refractivity contribution is -0.139. The first kappa shape index (κ1) is 11.4. The molecule has 76 valence electrons. The fraction of sp³-hybridized carbons (Fsp3) is 0.875. The van der Waals surface area contributed by atoms with E-state index < -0.39 is 9.76 Å². The number of carbonyl (C=O) groups is 1. The lowest BCUT2D eigenvalue weighted by Crippen LogP contribution is -2.07. The highest BCUT2D eigenvalue weighted by molar-refractivity contribution is 6.67. The molecule has 1 fully saturated rings. The van der Waals surface area contributed by atoms with Crippen molar-refractivity contribution in [3.05, 3.63) is 0 Å². The summed E-state index contributed by atoms with van der Waals surface area (Å²) < 4.78 is -1.34. The number of carboxylic acid groups (broad SMARTS) is 1. The van der Waals surface area contributed by atoms with E-state index in [4.69, 9.17) is 39.9 Å². The average Bonchev–Trinajstić information content (AvgIpc) is 2.28. The summed E-state index contributed by atoms with van der Waals surface area (Å²) in [5.41, 5.74) is -0.240. The van der Waals surface area contributed by atoms with Gasteiger partial charge in [0.25, 0.3) is 0 Å². The van der Waals surface area contributed by atoms with Crippen molar-refractivity contribution < 1.29 is 9.90 Å². The SMILES string of the molecule is CC1(C)[C@@H](CC(Cl)(Cl)Cl)[C@@H]1C(=O)O. The van der Waals surface area contributed by atoms with Crippen molar-refractivity contribution >= 4 is 40.8 Å². The average molecular weight is 246 g/mol. The van der Waals surface area contributed by atoms with Gasteiger partial charge in [-0.25, -0.2) is 0 Å². The molecule has 0 radical (unpaired) electrons. The Hall–Kier alpha value is 0.340. The minimum atomic E-state index is -1.34. The molecule has 0 aromatic rings. The first-order valence-corrected chi connectivity index (χ1v) is 5.09. The van der Waals surface area contributed by atoms with E-state index in [-0.39, 0.29) is 17.3 Å². The van der Waals surface area contributed by atoms with Crippen molar-refractivity contribution in [3.63, 3.8) is 0 Å². The number of halogens is 3. The number of hydrogen-bond acceptors (Lipinski definition) is 1. The van der Waals surface area contributed by atoms with Crippen LogP contribution in [0.25, 0.3) is 0 Å². The second kappa shape index (κ2) is 3.18. The van der Waals surface area contributed by atoms with Crippen LogP contribution < -0.4 is 0 Å². The van der Waals surface area contributed by atoms with Crippen LogP contribution in [0.1, 0.15) is 20.3 Å². The Bertz CT molecular complexity index is 232. The molecule has 1 rings (SSSR count). The van der Waals surface area contributed by atoms with Crippen molar-refractivity contribution in [2.24, 2.45) is 17.3 Å². The maximum Gasteiger partial charge on any atom is 0.307 e. The maximum atomic E-state index is 10.7. The minimum absolute atomic E-state index is 0.0301. The molecule has 2 atom stereocenters. The third-order valence-electron chi connectivity index (χ3n) is 2.77. The number of rotatable bonds is 2. The van der Waals surface area contributed by atoms with Gasteiger partial charge in [0.1, 0.15) is 0 Å². The van der Waals surface area contributed by atoms with Crippen LogP contribution in [-0.2, 0) is 4.79 Å². The van der Waals surface area contributed by atoms with Gasteiger partial charge in [-0.15, -0.1) is 0 Å². The quantitative estimate of drug-likeness (QED) is 0.759. The first-order valence-electron chi connectivity index (χ1n) is 3.96. The summed E-state index contributed by atoms with van der Waals surface area (Å²) in [7, 11) is 0. The smallest absolute Gasteiger partial charge is 0.307 e. The summed E-state index contributed by atoms with van der Waals surface area (Å²) in [6, 6.07) is 0. The Balaban J connectivity index is 2.61. The van der Waals surface area contributed by atoms with Crippen LogP contribution in [0.2, 0.25) is 0 Å². The molecule has 2 nitrogen and oxygen atoms in total. The zero-order chi connectivity index (χ0) is 10.4. The zero-order valence-corrected chi connectivity index (χ0v) is 9.62. The van der Waals surface area contributed by atoms with E-state index in [0.717, 1.165) is 0 Å². The fourth-order valence-corrected chi connectivity index (χ4v) is 2.36. The topological polar surface area (TPSA) is 37.3 Å². The highest BCUT2D eigenvalue weighted by Gasteiger charge is 2.63. The lowest BCUT2D eigenvalue weighted by atomic mass is 10.1. The van der Waals surface area contributed by atoms with Crippen LogP contribution in [0.15, 0.2) is 0 Å². The summed E-state index contributed by atoms with van der Waals surface area (Å²) in [5, 5.41) is 8.83. The van der Waals surface area contributed by atoms with Gasteiger partial charge in [0.05, 0.1) is 5.92 Å². The Morgan fingerprint density at radius 1 is 1.46 bits per heavy atom. The standard InChI is InChI=1S/C8H11Cl3O2/c1-7(2)4(3-8(9,10)11)5(7)6(12)13/h4-5H,3H2,1-2H3,(H,12,13)/t4-,5+/m0/s1. The predicted octanol–water partition coefficient (Wildman–Crippen LogP) is 3.10. The van der Waals surface area contributed by atoms with Gasteiger partial charge in [0.2, 0.25) is 0 Å². The molecule has 0 heterocycles. The van der Waals surface area contributed by atoms with Crippen LogP contribution in [-0.4, -0.2) is 14.9 Å². The van der Waals surface area contributed by atoms with E-state index in [9.17, 15) is 4.79 Å². The van der Waals surface area contributed by atoms with Gasteiger partial charge in [-0.1, -0.05) is 48.7 Å². The van der Waals surface area contributed by atoms with E-state index in [2.05, 4.69) is 0 Å². The third-order valence-corrected chi connectivity index (χ3v) is 3.23. The summed E-state index contributed by atoms with van der Waals surface area (Å²) >= 11 is 16.8. The summed E-state index contributed by atoms with van der Waals surface area (Å²) in [4.78, 5) is 10.7. The molecule has 1 N–H and O–H groups in total. The van der Waals surface area contributed by atoms with Gasteiger partial charge in [0.15, 0.2) is 3.79 Å². The van der Waals surface area contributed by atoms with Gasteiger partial charge >= 0.3 is 5.97 Å². The molecule has 0 saturated heterocycles. The molecule has 0 bridgehead atoms. The van der Waals surface area contributed by atoms with Crippen LogP contribution >= 0.6 is 34.8 Å². The van der Waals surface area contributed by atoms with E-state index in [1.165, 1.54) is 0 Å². The minimum Gasteiger partial charge on any atom is -0.481 e. The molecule has 0 spiro atoms. The van der Waals surface area contributed by atoms with Crippen molar-refractivity contribution in [1.29, 1.82) is 0 Å². The molecule has 1 aliphatic rings. The van der Waals surface area contributed by atoms with Crippen LogP contribution in [0, 0.1) is 17.3 Å². The highest BCUT2D eigenvalue weighted by Crippen LogP contribution is 2.62. The van der Waals surface area contributed by atoms with E-state index in [1.54, 1.807) is 0 Å². The molecule has 0 aromatic heterocycles. The Labute approximate surface area is 92.2 Å².